The molecule has 0 spiro atoms. The number of rotatable bonds is 11. The molecule has 6 rings (SSSR count). The van der Waals surface area contributed by atoms with Crippen LogP contribution in [0.15, 0.2) is 23.4 Å². The van der Waals surface area contributed by atoms with Crippen LogP contribution in [0.5, 0.6) is 0 Å². The minimum absolute atomic E-state index is 0.0636. The van der Waals surface area contributed by atoms with Crippen LogP contribution in [0, 0.1) is 51.8 Å². The van der Waals surface area contributed by atoms with Crippen molar-refractivity contribution in [1.29, 1.82) is 0 Å². The van der Waals surface area contributed by atoms with Gasteiger partial charge in [-0.15, -0.1) is 11.8 Å². The molecule has 0 aromatic rings. The molecule has 2 N–H and O–H groups in total. The molecule has 0 aromatic carbocycles. The van der Waals surface area contributed by atoms with Crippen molar-refractivity contribution in [2.75, 3.05) is 26.5 Å². The van der Waals surface area contributed by atoms with Gasteiger partial charge in [0.05, 0.1) is 32.7 Å². The maximum Gasteiger partial charge on any atom is 0.335 e. The van der Waals surface area contributed by atoms with Gasteiger partial charge in [0.1, 0.15) is 5.44 Å². The first-order valence-electron chi connectivity index (χ1n) is 20.6. The third-order valence-electron chi connectivity index (χ3n) is 15.6. The van der Waals surface area contributed by atoms with Crippen LogP contribution in [0.4, 0.5) is 0 Å². The summed E-state index contributed by atoms with van der Waals surface area (Å²) < 4.78 is 16.0. The predicted octanol–water partition coefficient (Wildman–Crippen LogP) is 7.18. The monoisotopic (exact) mass is 771 g/mol. The van der Waals surface area contributed by atoms with Crippen LogP contribution < -0.4 is 0 Å². The Hall–Kier alpha value is -2.37. The van der Waals surface area contributed by atoms with Crippen LogP contribution in [-0.2, 0) is 33.4 Å². The molecule has 302 valence electrons. The average Bonchev–Trinajstić information content (AvgIpc) is 3.13. The molecule has 4 saturated carbocycles. The van der Waals surface area contributed by atoms with E-state index in [1.54, 1.807) is 11.8 Å². The van der Waals surface area contributed by atoms with Crippen molar-refractivity contribution >= 4 is 35.5 Å². The highest BCUT2D eigenvalue weighted by Gasteiger charge is 2.65. The first-order valence-corrected chi connectivity index (χ1v) is 21.6. The summed E-state index contributed by atoms with van der Waals surface area (Å²) in [7, 11) is 2.76. The summed E-state index contributed by atoms with van der Waals surface area (Å²) in [5, 5.41) is 20.5. The summed E-state index contributed by atoms with van der Waals surface area (Å²) in [4.78, 5) is 53.9. The molecule has 5 aliphatic carbocycles. The number of ether oxygens (including phenoxy) is 3. The van der Waals surface area contributed by atoms with E-state index < -0.39 is 24.1 Å². The Balaban J connectivity index is 1.23. The van der Waals surface area contributed by atoms with E-state index in [4.69, 9.17) is 14.2 Å². The number of carbonyl (C=O) groups excluding carboxylic acids is 3. The number of aliphatic hydroxyl groups excluding tert-OH is 1. The summed E-state index contributed by atoms with van der Waals surface area (Å²) in [6.45, 7) is 12.3. The average molecular weight is 772 g/mol. The number of methoxy groups -OCH3 is 2. The van der Waals surface area contributed by atoms with Gasteiger partial charge in [-0.1, -0.05) is 39.3 Å². The van der Waals surface area contributed by atoms with Gasteiger partial charge in [-0.05, 0) is 117 Å². The van der Waals surface area contributed by atoms with Gasteiger partial charge in [0.2, 0.25) is 0 Å². The van der Waals surface area contributed by atoms with E-state index in [0.717, 1.165) is 57.1 Å². The molecular formula is C43H65NO9S. The minimum atomic E-state index is -0.776. The first kappa shape index (κ1) is 41.3. The van der Waals surface area contributed by atoms with Crippen molar-refractivity contribution < 1.29 is 43.6 Å². The maximum atomic E-state index is 14.7. The molecule has 5 fully saturated rings. The van der Waals surface area contributed by atoms with Gasteiger partial charge < -0.3 is 29.3 Å². The van der Waals surface area contributed by atoms with E-state index >= 15 is 0 Å². The van der Waals surface area contributed by atoms with Gasteiger partial charge in [0.15, 0.2) is 11.9 Å². The molecule has 1 saturated heterocycles. The molecule has 1 aliphatic heterocycles. The summed E-state index contributed by atoms with van der Waals surface area (Å²) >= 11 is 1.61. The number of carboxylic acid groups (broad SMARTS) is 1. The number of thioether (sulfide) groups is 1. The van der Waals surface area contributed by atoms with Crippen molar-refractivity contribution in [2.45, 2.75) is 142 Å². The Bertz CT molecular complexity index is 1510. The lowest BCUT2D eigenvalue weighted by Gasteiger charge is -2.66. The van der Waals surface area contributed by atoms with E-state index in [1.165, 1.54) is 19.8 Å². The Morgan fingerprint density at radius 3 is 2.37 bits per heavy atom. The van der Waals surface area contributed by atoms with Gasteiger partial charge in [-0.25, -0.2) is 4.79 Å². The van der Waals surface area contributed by atoms with Gasteiger partial charge >= 0.3 is 17.9 Å². The lowest BCUT2D eigenvalue weighted by molar-refractivity contribution is -0.165. The molecule has 0 aromatic heterocycles. The smallest absolute Gasteiger partial charge is 0.335 e. The van der Waals surface area contributed by atoms with Gasteiger partial charge in [-0.2, -0.15) is 0 Å². The molecule has 1 heterocycles. The van der Waals surface area contributed by atoms with Crippen LogP contribution in [0.25, 0.3) is 0 Å². The summed E-state index contributed by atoms with van der Waals surface area (Å²) in [5.74, 6) is 0.307. The second-order valence-electron chi connectivity index (χ2n) is 18.3. The topological polar surface area (TPSA) is 140 Å². The highest BCUT2D eigenvalue weighted by molar-refractivity contribution is 7.99. The number of nitrogens with zero attached hydrogens (tertiary/aromatic N) is 1. The van der Waals surface area contributed by atoms with E-state index in [1.807, 2.05) is 13.0 Å². The zero-order valence-electron chi connectivity index (χ0n) is 33.6. The largest absolute Gasteiger partial charge is 0.481 e. The molecular weight excluding hydrogens is 707 g/mol. The Morgan fingerprint density at radius 2 is 1.69 bits per heavy atom. The standard InChI is InChI=1S/C43H65NO9S/c1-8-27(9-10-36(47)51-6)44(19-20-54-37-23-28(45)22-35(53-37)40(50)52-7)33-14-18-42(4)30(25(33)2)13-17-43(5)31-12-16-41(3)15-11-26(39(48)49)21-32(41)29(31)24-34(46)38(42)43/h8,24-26,28,30-33,35,37-38,45H,9-23H2,1-7H3,(H,48,49)/b27-8-. The highest BCUT2D eigenvalue weighted by Crippen LogP contribution is 2.69. The van der Waals surface area contributed by atoms with Crippen molar-refractivity contribution in [3.05, 3.63) is 23.4 Å². The number of ketones is 1. The van der Waals surface area contributed by atoms with E-state index in [-0.39, 0.29) is 63.6 Å². The number of carboxylic acids is 1. The lowest BCUT2D eigenvalue weighted by Crippen LogP contribution is -2.63. The SMILES string of the molecule is C/C=C(/CCC(=O)OC)N(CCSC1CC(O)CC(C(=O)OC)O1)C1CCC2(C)C(CCC3(C)C4CCC5(C)CCC(C(=O)O)CC5C4=CC(=O)C32)C1C. The number of aliphatic carboxylic acids is 1. The lowest BCUT2D eigenvalue weighted by atomic mass is 9.38. The number of hydrogen-bond donors (Lipinski definition) is 2. The fourth-order valence-electron chi connectivity index (χ4n) is 12.9. The van der Waals surface area contributed by atoms with Crippen molar-refractivity contribution in [1.82, 2.24) is 4.90 Å². The third kappa shape index (κ3) is 7.56. The van der Waals surface area contributed by atoms with Gasteiger partial charge in [-0.3, -0.25) is 14.4 Å². The van der Waals surface area contributed by atoms with Gasteiger partial charge in [0, 0.05) is 42.8 Å². The van der Waals surface area contributed by atoms with Gasteiger partial charge in [0.25, 0.3) is 0 Å². The minimum Gasteiger partial charge on any atom is -0.481 e. The first-order chi connectivity index (χ1) is 25.6. The number of aliphatic hydroxyl groups is 1. The third-order valence-corrected chi connectivity index (χ3v) is 16.7. The maximum absolute atomic E-state index is 14.7. The van der Waals surface area contributed by atoms with Crippen LogP contribution in [0.1, 0.15) is 118 Å². The van der Waals surface area contributed by atoms with E-state index in [9.17, 15) is 29.4 Å². The molecule has 13 unspecified atom stereocenters. The zero-order valence-corrected chi connectivity index (χ0v) is 34.5. The fourth-order valence-corrected chi connectivity index (χ4v) is 14.0. The quantitative estimate of drug-likeness (QED) is 0.207. The van der Waals surface area contributed by atoms with Crippen LogP contribution in [-0.4, -0.2) is 89.0 Å². The van der Waals surface area contributed by atoms with E-state index in [0.29, 0.717) is 55.7 Å². The summed E-state index contributed by atoms with van der Waals surface area (Å²) in [6.07, 6.45) is 12.7. The second kappa shape index (κ2) is 16.2. The number of hydrogen-bond acceptors (Lipinski definition) is 10. The fraction of sp³-hybridized carbons (Fsp3) is 0.814. The second-order valence-corrected chi connectivity index (χ2v) is 19.6. The van der Waals surface area contributed by atoms with E-state index in [2.05, 4.69) is 38.7 Å². The Kier molecular flexibility index (Phi) is 12.4. The highest BCUT2D eigenvalue weighted by atomic mass is 32.2. The predicted molar refractivity (Wildman–Crippen MR) is 207 cm³/mol. The molecule has 0 bridgehead atoms. The normalized spacial score (nSPS) is 42.0. The molecule has 11 heteroatoms. The molecule has 13 atom stereocenters. The zero-order chi connectivity index (χ0) is 39.2. The Morgan fingerprint density at radius 1 is 0.963 bits per heavy atom. The molecule has 0 amide bonds. The van der Waals surface area contributed by atoms with Crippen LogP contribution in [0.2, 0.25) is 0 Å². The van der Waals surface area contributed by atoms with Crippen molar-refractivity contribution in [3.63, 3.8) is 0 Å². The number of esters is 2. The van der Waals surface area contributed by atoms with Crippen LogP contribution >= 0.6 is 11.8 Å². The number of fused-ring (bicyclic) bond motifs is 7. The number of allylic oxidation sites excluding steroid dienone is 4. The van der Waals surface area contributed by atoms with Crippen LogP contribution in [0.3, 0.4) is 0 Å². The van der Waals surface area contributed by atoms with Crippen molar-refractivity contribution in [3.8, 4) is 0 Å². The van der Waals surface area contributed by atoms with Crippen molar-refractivity contribution in [2.24, 2.45) is 51.8 Å². The summed E-state index contributed by atoms with van der Waals surface area (Å²) in [5.41, 5.74) is 1.81. The number of carbonyl (C=O) groups is 4. The molecule has 0 radical (unpaired) electrons. The molecule has 6 aliphatic rings. The molecule has 10 nitrogen and oxygen atoms in total. The summed E-state index contributed by atoms with van der Waals surface area (Å²) in [6, 6.07) is 0.216. The Labute approximate surface area is 326 Å². The molecule has 54 heavy (non-hydrogen) atoms.